The molecule has 0 bridgehead atoms. The molecule has 0 aliphatic carbocycles. The summed E-state index contributed by atoms with van der Waals surface area (Å²) in [5.41, 5.74) is 0. The quantitative estimate of drug-likeness (QED) is 0.657. The average Bonchev–Trinajstić information content (AvgIpc) is 2.38. The number of hydrogen-bond donors (Lipinski definition) is 3. The third kappa shape index (κ3) is 8.29. The van der Waals surface area contributed by atoms with Gasteiger partial charge in [0, 0.05) is 26.0 Å². The number of nitrogens with one attached hydrogen (secondary N) is 2. The molecule has 1 heterocycles. The highest BCUT2D eigenvalue weighted by molar-refractivity contribution is 5.94. The SMILES string of the molecule is CC(CC(=O)O)CC(=O)NC(=O)NCCC1CCCCO1. The maximum Gasteiger partial charge on any atom is 0.321 e. The van der Waals surface area contributed by atoms with Gasteiger partial charge in [-0.1, -0.05) is 6.92 Å². The van der Waals surface area contributed by atoms with E-state index in [1.165, 1.54) is 0 Å². The van der Waals surface area contributed by atoms with Gasteiger partial charge in [-0.25, -0.2) is 4.79 Å². The summed E-state index contributed by atoms with van der Waals surface area (Å²) in [5.74, 6) is -1.71. The Bertz CT molecular complexity index is 366. The zero-order valence-corrected chi connectivity index (χ0v) is 12.4. The number of urea groups is 1. The topological polar surface area (TPSA) is 105 Å². The summed E-state index contributed by atoms with van der Waals surface area (Å²) in [6.45, 7) is 2.89. The Balaban J connectivity index is 2.11. The van der Waals surface area contributed by atoms with Crippen molar-refractivity contribution in [2.24, 2.45) is 5.92 Å². The number of carbonyl (C=O) groups is 3. The standard InChI is InChI=1S/C14H24N2O5/c1-10(9-13(18)19)8-12(17)16-14(20)15-6-5-11-4-2-3-7-21-11/h10-11H,2-9H2,1H3,(H,18,19)(H2,15,16,17,20). The van der Waals surface area contributed by atoms with Gasteiger partial charge in [0.25, 0.3) is 0 Å². The lowest BCUT2D eigenvalue weighted by molar-refractivity contribution is -0.138. The first-order valence-electron chi connectivity index (χ1n) is 7.38. The van der Waals surface area contributed by atoms with Crippen molar-refractivity contribution in [1.82, 2.24) is 10.6 Å². The molecule has 2 unspecified atom stereocenters. The minimum Gasteiger partial charge on any atom is -0.481 e. The molecule has 1 rings (SSSR count). The van der Waals surface area contributed by atoms with Crippen molar-refractivity contribution >= 4 is 17.9 Å². The fourth-order valence-electron chi connectivity index (χ4n) is 2.29. The van der Waals surface area contributed by atoms with Crippen LogP contribution in [0, 0.1) is 5.92 Å². The second-order valence-electron chi connectivity index (χ2n) is 5.49. The average molecular weight is 300 g/mol. The maximum absolute atomic E-state index is 11.5. The number of carboxylic acids is 1. The molecular formula is C14H24N2O5. The molecule has 3 amide bonds. The molecule has 21 heavy (non-hydrogen) atoms. The highest BCUT2D eigenvalue weighted by Crippen LogP contribution is 2.14. The van der Waals surface area contributed by atoms with Gasteiger partial charge in [-0.05, 0) is 31.6 Å². The Morgan fingerprint density at radius 1 is 1.29 bits per heavy atom. The molecule has 0 radical (unpaired) electrons. The molecule has 1 aliphatic rings. The predicted octanol–water partition coefficient (Wildman–Crippen LogP) is 1.27. The van der Waals surface area contributed by atoms with E-state index in [-0.39, 0.29) is 24.9 Å². The summed E-state index contributed by atoms with van der Waals surface area (Å²) in [7, 11) is 0. The summed E-state index contributed by atoms with van der Waals surface area (Å²) in [6, 6.07) is -0.543. The van der Waals surface area contributed by atoms with Crippen LogP contribution in [0.4, 0.5) is 4.79 Å². The van der Waals surface area contributed by atoms with E-state index in [0.717, 1.165) is 32.3 Å². The minimum atomic E-state index is -0.952. The molecule has 3 N–H and O–H groups in total. The molecule has 0 spiro atoms. The van der Waals surface area contributed by atoms with Gasteiger partial charge >= 0.3 is 12.0 Å². The summed E-state index contributed by atoms with van der Waals surface area (Å²) in [6.07, 6.45) is 4.10. The summed E-state index contributed by atoms with van der Waals surface area (Å²) in [5, 5.41) is 13.4. The molecule has 120 valence electrons. The lowest BCUT2D eigenvalue weighted by atomic mass is 10.0. The predicted molar refractivity (Wildman–Crippen MR) is 75.8 cm³/mol. The van der Waals surface area contributed by atoms with Crippen molar-refractivity contribution in [3.05, 3.63) is 0 Å². The van der Waals surface area contributed by atoms with Gasteiger partial charge in [-0.15, -0.1) is 0 Å². The third-order valence-electron chi connectivity index (χ3n) is 3.34. The number of hydrogen-bond acceptors (Lipinski definition) is 4. The first-order chi connectivity index (χ1) is 9.97. The van der Waals surface area contributed by atoms with Crippen molar-refractivity contribution in [3.63, 3.8) is 0 Å². The van der Waals surface area contributed by atoms with Crippen LogP contribution in [0.15, 0.2) is 0 Å². The lowest BCUT2D eigenvalue weighted by Gasteiger charge is -2.22. The van der Waals surface area contributed by atoms with Crippen molar-refractivity contribution in [2.75, 3.05) is 13.2 Å². The minimum absolute atomic E-state index is 0.0193. The maximum atomic E-state index is 11.5. The van der Waals surface area contributed by atoms with Gasteiger partial charge in [0.15, 0.2) is 0 Å². The molecule has 2 atom stereocenters. The monoisotopic (exact) mass is 300 g/mol. The summed E-state index contributed by atoms with van der Waals surface area (Å²) >= 11 is 0. The molecule has 1 saturated heterocycles. The second kappa shape index (κ2) is 9.33. The van der Waals surface area contributed by atoms with Crippen LogP contribution >= 0.6 is 0 Å². The number of aliphatic carboxylic acids is 1. The van der Waals surface area contributed by atoms with Gasteiger partial charge in [-0.3, -0.25) is 14.9 Å². The van der Waals surface area contributed by atoms with E-state index in [9.17, 15) is 14.4 Å². The van der Waals surface area contributed by atoms with E-state index in [2.05, 4.69) is 10.6 Å². The van der Waals surface area contributed by atoms with E-state index < -0.39 is 17.9 Å². The van der Waals surface area contributed by atoms with Gasteiger partial charge in [0.2, 0.25) is 5.91 Å². The summed E-state index contributed by atoms with van der Waals surface area (Å²) < 4.78 is 5.54. The molecule has 0 saturated carbocycles. The van der Waals surface area contributed by atoms with Crippen molar-refractivity contribution in [1.29, 1.82) is 0 Å². The number of ether oxygens (including phenoxy) is 1. The molecule has 7 heteroatoms. The number of amides is 3. The Morgan fingerprint density at radius 2 is 2.05 bits per heavy atom. The highest BCUT2D eigenvalue weighted by atomic mass is 16.5. The van der Waals surface area contributed by atoms with E-state index >= 15 is 0 Å². The van der Waals surface area contributed by atoms with Crippen LogP contribution in [0.1, 0.15) is 45.4 Å². The van der Waals surface area contributed by atoms with E-state index in [0.29, 0.717) is 6.54 Å². The normalized spacial score (nSPS) is 19.6. The number of carboxylic acid groups (broad SMARTS) is 1. The number of imide groups is 1. The first kappa shape index (κ1) is 17.4. The Morgan fingerprint density at radius 3 is 2.67 bits per heavy atom. The molecule has 7 nitrogen and oxygen atoms in total. The van der Waals surface area contributed by atoms with Crippen LogP contribution in [-0.4, -0.2) is 42.3 Å². The first-order valence-corrected chi connectivity index (χ1v) is 7.38. The Labute approximate surface area is 124 Å². The zero-order valence-electron chi connectivity index (χ0n) is 12.4. The van der Waals surface area contributed by atoms with Crippen LogP contribution in [0.25, 0.3) is 0 Å². The van der Waals surface area contributed by atoms with Gasteiger partial charge in [0.05, 0.1) is 6.10 Å². The largest absolute Gasteiger partial charge is 0.481 e. The summed E-state index contributed by atoms with van der Waals surface area (Å²) in [4.78, 5) is 33.5. The smallest absolute Gasteiger partial charge is 0.321 e. The van der Waals surface area contributed by atoms with Gasteiger partial charge < -0.3 is 15.2 Å². The molecular weight excluding hydrogens is 276 g/mol. The zero-order chi connectivity index (χ0) is 15.7. The number of carbonyl (C=O) groups excluding carboxylic acids is 2. The number of rotatable bonds is 7. The Hall–Kier alpha value is -1.63. The molecule has 0 aromatic heterocycles. The van der Waals surface area contributed by atoms with E-state index in [1.807, 2.05) is 0 Å². The van der Waals surface area contributed by atoms with Crippen molar-refractivity contribution < 1.29 is 24.2 Å². The van der Waals surface area contributed by atoms with Crippen LogP contribution in [0.5, 0.6) is 0 Å². The van der Waals surface area contributed by atoms with Crippen LogP contribution in [0.3, 0.4) is 0 Å². The fraction of sp³-hybridized carbons (Fsp3) is 0.786. The van der Waals surface area contributed by atoms with Crippen molar-refractivity contribution in [2.45, 2.75) is 51.6 Å². The van der Waals surface area contributed by atoms with Gasteiger partial charge in [0.1, 0.15) is 0 Å². The molecule has 0 aromatic carbocycles. The molecule has 0 aromatic rings. The fourth-order valence-corrected chi connectivity index (χ4v) is 2.29. The van der Waals surface area contributed by atoms with Gasteiger partial charge in [-0.2, -0.15) is 0 Å². The molecule has 1 fully saturated rings. The van der Waals surface area contributed by atoms with E-state index in [4.69, 9.17) is 9.84 Å². The van der Waals surface area contributed by atoms with Crippen LogP contribution in [0.2, 0.25) is 0 Å². The van der Waals surface area contributed by atoms with E-state index in [1.54, 1.807) is 6.92 Å². The van der Waals surface area contributed by atoms with Crippen molar-refractivity contribution in [3.8, 4) is 0 Å². The van der Waals surface area contributed by atoms with Crippen LogP contribution in [-0.2, 0) is 14.3 Å². The third-order valence-corrected chi connectivity index (χ3v) is 3.34. The second-order valence-corrected chi connectivity index (χ2v) is 5.49. The molecule has 1 aliphatic heterocycles. The highest BCUT2D eigenvalue weighted by Gasteiger charge is 2.16. The lowest BCUT2D eigenvalue weighted by Crippen LogP contribution is -2.41. The Kier molecular flexibility index (Phi) is 7.74. The van der Waals surface area contributed by atoms with Crippen LogP contribution < -0.4 is 10.6 Å².